The van der Waals surface area contributed by atoms with E-state index in [4.69, 9.17) is 4.74 Å². The number of carbonyl (C=O) groups is 4. The number of halogens is 1. The summed E-state index contributed by atoms with van der Waals surface area (Å²) in [5.41, 5.74) is 5.66. The Morgan fingerprint density at radius 1 is 0.935 bits per heavy atom. The molecule has 2 rings (SSSR count). The second-order valence-electron chi connectivity index (χ2n) is 7.18. The van der Waals surface area contributed by atoms with Crippen molar-refractivity contribution in [1.82, 2.24) is 16.2 Å². The van der Waals surface area contributed by atoms with Gasteiger partial charge in [0.15, 0.2) is 6.61 Å². The number of rotatable bonds is 7. The SMILES string of the molecule is Cc1cccc(C(=O)N[C@H](C(=O)OCC(=O)NNC(=O)c2ccc(F)cc2)C(C)C)c1. The van der Waals surface area contributed by atoms with Crippen LogP contribution in [0.3, 0.4) is 0 Å². The maximum atomic E-state index is 12.9. The molecule has 0 aliphatic heterocycles. The van der Waals surface area contributed by atoms with E-state index in [0.717, 1.165) is 17.7 Å². The van der Waals surface area contributed by atoms with Crippen LogP contribution in [-0.2, 0) is 14.3 Å². The normalized spacial score (nSPS) is 11.4. The summed E-state index contributed by atoms with van der Waals surface area (Å²) >= 11 is 0. The Balaban J connectivity index is 1.85. The van der Waals surface area contributed by atoms with Crippen LogP contribution in [0.15, 0.2) is 48.5 Å². The molecule has 3 amide bonds. The van der Waals surface area contributed by atoms with Gasteiger partial charge < -0.3 is 10.1 Å². The van der Waals surface area contributed by atoms with E-state index >= 15 is 0 Å². The number of hydrazine groups is 1. The first-order chi connectivity index (χ1) is 14.7. The lowest BCUT2D eigenvalue weighted by Gasteiger charge is -2.21. The highest BCUT2D eigenvalue weighted by atomic mass is 19.1. The molecule has 2 aromatic rings. The maximum absolute atomic E-state index is 12.9. The monoisotopic (exact) mass is 429 g/mol. The molecule has 9 heteroatoms. The van der Waals surface area contributed by atoms with Gasteiger partial charge in [-0.1, -0.05) is 31.5 Å². The number of hydrogen-bond acceptors (Lipinski definition) is 5. The Morgan fingerprint density at radius 3 is 2.23 bits per heavy atom. The van der Waals surface area contributed by atoms with Crippen molar-refractivity contribution in [2.45, 2.75) is 26.8 Å². The Bertz CT molecular complexity index is 960. The predicted octanol–water partition coefficient (Wildman–Crippen LogP) is 1.89. The molecule has 0 unspecified atom stereocenters. The van der Waals surface area contributed by atoms with Crippen molar-refractivity contribution in [3.8, 4) is 0 Å². The average molecular weight is 429 g/mol. The largest absolute Gasteiger partial charge is 0.454 e. The molecular formula is C22H24FN3O5. The van der Waals surface area contributed by atoms with Gasteiger partial charge in [0.05, 0.1) is 0 Å². The predicted molar refractivity (Wildman–Crippen MR) is 110 cm³/mol. The summed E-state index contributed by atoms with van der Waals surface area (Å²) in [5.74, 6) is -3.45. The Morgan fingerprint density at radius 2 is 1.61 bits per heavy atom. The first-order valence-electron chi connectivity index (χ1n) is 9.56. The summed E-state index contributed by atoms with van der Waals surface area (Å²) in [6.07, 6.45) is 0. The number of hydrogen-bond donors (Lipinski definition) is 3. The van der Waals surface area contributed by atoms with E-state index < -0.39 is 42.2 Å². The number of nitrogens with one attached hydrogen (secondary N) is 3. The molecule has 0 aliphatic rings. The van der Waals surface area contributed by atoms with Crippen LogP contribution < -0.4 is 16.2 Å². The summed E-state index contributed by atoms with van der Waals surface area (Å²) in [7, 11) is 0. The van der Waals surface area contributed by atoms with E-state index in [9.17, 15) is 23.6 Å². The van der Waals surface area contributed by atoms with Gasteiger partial charge >= 0.3 is 5.97 Å². The Kier molecular flexibility index (Phi) is 8.25. The lowest BCUT2D eigenvalue weighted by molar-refractivity contribution is -0.151. The first-order valence-corrected chi connectivity index (χ1v) is 9.56. The molecule has 2 aromatic carbocycles. The summed E-state index contributed by atoms with van der Waals surface area (Å²) in [4.78, 5) is 48.5. The minimum Gasteiger partial charge on any atom is -0.454 e. The molecule has 1 atom stereocenters. The quantitative estimate of drug-likeness (QED) is 0.460. The van der Waals surface area contributed by atoms with Crippen LogP contribution in [0.25, 0.3) is 0 Å². The molecular weight excluding hydrogens is 405 g/mol. The van der Waals surface area contributed by atoms with Crippen LogP contribution in [0, 0.1) is 18.7 Å². The summed E-state index contributed by atoms with van der Waals surface area (Å²) < 4.78 is 17.9. The molecule has 31 heavy (non-hydrogen) atoms. The number of aryl methyl sites for hydroxylation is 1. The number of amides is 3. The van der Waals surface area contributed by atoms with Crippen LogP contribution in [0.4, 0.5) is 4.39 Å². The molecule has 0 aromatic heterocycles. The fourth-order valence-electron chi connectivity index (χ4n) is 2.57. The lowest BCUT2D eigenvalue weighted by Crippen LogP contribution is -2.47. The van der Waals surface area contributed by atoms with Gasteiger partial charge in [-0.25, -0.2) is 9.18 Å². The van der Waals surface area contributed by atoms with Gasteiger partial charge in [0.25, 0.3) is 17.7 Å². The fraction of sp³-hybridized carbons (Fsp3) is 0.273. The van der Waals surface area contributed by atoms with E-state index in [1.54, 1.807) is 32.0 Å². The van der Waals surface area contributed by atoms with Crippen molar-refractivity contribution in [2.24, 2.45) is 5.92 Å². The van der Waals surface area contributed by atoms with Crippen molar-refractivity contribution in [3.05, 3.63) is 71.0 Å². The zero-order chi connectivity index (χ0) is 23.0. The van der Waals surface area contributed by atoms with Crippen molar-refractivity contribution in [2.75, 3.05) is 6.61 Å². The third-order valence-electron chi connectivity index (χ3n) is 4.25. The van der Waals surface area contributed by atoms with Gasteiger partial charge in [0.2, 0.25) is 0 Å². The van der Waals surface area contributed by atoms with Crippen LogP contribution in [0.5, 0.6) is 0 Å². The van der Waals surface area contributed by atoms with E-state index in [2.05, 4.69) is 16.2 Å². The third-order valence-corrected chi connectivity index (χ3v) is 4.25. The highest BCUT2D eigenvalue weighted by molar-refractivity contribution is 5.97. The van der Waals surface area contributed by atoms with Crippen molar-refractivity contribution < 1.29 is 28.3 Å². The molecule has 8 nitrogen and oxygen atoms in total. The molecule has 0 aliphatic carbocycles. The molecule has 164 valence electrons. The molecule has 0 radical (unpaired) electrons. The van der Waals surface area contributed by atoms with Gasteiger partial charge in [0.1, 0.15) is 11.9 Å². The topological polar surface area (TPSA) is 114 Å². The third kappa shape index (κ3) is 7.22. The first kappa shape index (κ1) is 23.5. The highest BCUT2D eigenvalue weighted by Crippen LogP contribution is 2.08. The van der Waals surface area contributed by atoms with Crippen molar-refractivity contribution >= 4 is 23.7 Å². The van der Waals surface area contributed by atoms with Gasteiger partial charge in [-0.2, -0.15) is 0 Å². The molecule has 0 saturated carbocycles. The van der Waals surface area contributed by atoms with Crippen molar-refractivity contribution in [1.29, 1.82) is 0 Å². The second kappa shape index (κ2) is 10.9. The van der Waals surface area contributed by atoms with Crippen LogP contribution in [-0.4, -0.2) is 36.3 Å². The minimum absolute atomic E-state index is 0.137. The molecule has 0 spiro atoms. The minimum atomic E-state index is -0.963. The van der Waals surface area contributed by atoms with E-state index in [-0.39, 0.29) is 11.5 Å². The molecule has 3 N–H and O–H groups in total. The van der Waals surface area contributed by atoms with Crippen LogP contribution in [0.2, 0.25) is 0 Å². The zero-order valence-corrected chi connectivity index (χ0v) is 17.4. The Labute approximate surface area is 179 Å². The molecule has 0 heterocycles. The maximum Gasteiger partial charge on any atom is 0.329 e. The van der Waals surface area contributed by atoms with Gasteiger partial charge in [-0.05, 0) is 49.2 Å². The summed E-state index contributed by atoms with van der Waals surface area (Å²) in [6, 6.07) is 10.6. The van der Waals surface area contributed by atoms with Gasteiger partial charge in [-0.3, -0.25) is 25.2 Å². The fourth-order valence-corrected chi connectivity index (χ4v) is 2.57. The standard InChI is InChI=1S/C22H24FN3O5/c1-13(2)19(24-20(28)16-6-4-5-14(3)11-16)22(30)31-12-18(27)25-26-21(29)15-7-9-17(23)10-8-15/h4-11,13,19H,12H2,1-3H3,(H,24,28)(H,25,27)(H,26,29)/t19-/m0/s1. The summed E-state index contributed by atoms with van der Waals surface area (Å²) in [5, 5.41) is 2.61. The van der Waals surface area contributed by atoms with E-state index in [1.165, 1.54) is 12.1 Å². The highest BCUT2D eigenvalue weighted by Gasteiger charge is 2.27. The van der Waals surface area contributed by atoms with E-state index in [1.807, 2.05) is 13.0 Å². The van der Waals surface area contributed by atoms with Crippen molar-refractivity contribution in [3.63, 3.8) is 0 Å². The summed E-state index contributed by atoms with van der Waals surface area (Å²) in [6.45, 7) is 4.64. The van der Waals surface area contributed by atoms with Gasteiger partial charge in [-0.15, -0.1) is 0 Å². The lowest BCUT2D eigenvalue weighted by atomic mass is 10.0. The number of carbonyl (C=O) groups excluding carboxylic acids is 4. The Hall–Kier alpha value is -3.75. The molecule has 0 bridgehead atoms. The average Bonchev–Trinajstić information content (AvgIpc) is 2.74. The smallest absolute Gasteiger partial charge is 0.329 e. The second-order valence-corrected chi connectivity index (χ2v) is 7.18. The molecule has 0 fully saturated rings. The van der Waals surface area contributed by atoms with Gasteiger partial charge in [0, 0.05) is 11.1 Å². The van der Waals surface area contributed by atoms with Crippen LogP contribution >= 0.6 is 0 Å². The molecule has 0 saturated heterocycles. The number of ether oxygens (including phenoxy) is 1. The van der Waals surface area contributed by atoms with E-state index in [0.29, 0.717) is 5.56 Å². The number of benzene rings is 2. The van der Waals surface area contributed by atoms with Crippen LogP contribution in [0.1, 0.15) is 40.1 Å². The number of esters is 1. The zero-order valence-electron chi connectivity index (χ0n) is 17.4.